The molecule has 0 fully saturated rings. The second-order valence-corrected chi connectivity index (χ2v) is 5.18. The summed E-state index contributed by atoms with van der Waals surface area (Å²) in [5.41, 5.74) is 0.333. The molecule has 1 aromatic heterocycles. The van der Waals surface area contributed by atoms with Crippen molar-refractivity contribution in [3.63, 3.8) is 0 Å². The molecule has 1 N–H and O–H groups in total. The van der Waals surface area contributed by atoms with E-state index < -0.39 is 11.9 Å². The van der Waals surface area contributed by atoms with Crippen molar-refractivity contribution < 1.29 is 9.90 Å². The number of carbonyl (C=O) groups is 1. The molecule has 1 unspecified atom stereocenters. The van der Waals surface area contributed by atoms with Gasteiger partial charge in [0, 0.05) is 6.42 Å². The van der Waals surface area contributed by atoms with Gasteiger partial charge in [-0.3, -0.25) is 9.78 Å². The van der Waals surface area contributed by atoms with Crippen molar-refractivity contribution in [2.75, 3.05) is 0 Å². The van der Waals surface area contributed by atoms with Crippen LogP contribution in [0, 0.1) is 11.3 Å². The normalized spacial score (nSPS) is 13.5. The monoisotopic (exact) mass is 242 g/mol. The summed E-state index contributed by atoms with van der Waals surface area (Å²) >= 11 is 5.61. The highest BCUT2D eigenvalue weighted by molar-refractivity contribution is 6.29. The SMILES string of the molecule is CC(C)(C)C(Cc1cnc(Cl)cn1)C(=O)O. The van der Waals surface area contributed by atoms with Gasteiger partial charge in [0.2, 0.25) is 0 Å². The zero-order valence-corrected chi connectivity index (χ0v) is 10.3. The number of nitrogens with zero attached hydrogens (tertiary/aromatic N) is 2. The summed E-state index contributed by atoms with van der Waals surface area (Å²) in [6, 6.07) is 0. The maximum absolute atomic E-state index is 11.1. The molecular weight excluding hydrogens is 228 g/mol. The highest BCUT2D eigenvalue weighted by Crippen LogP contribution is 2.28. The Morgan fingerprint density at radius 2 is 2.06 bits per heavy atom. The number of carboxylic acid groups (broad SMARTS) is 1. The fraction of sp³-hybridized carbons (Fsp3) is 0.545. The van der Waals surface area contributed by atoms with E-state index in [4.69, 9.17) is 16.7 Å². The zero-order valence-electron chi connectivity index (χ0n) is 9.57. The van der Waals surface area contributed by atoms with Gasteiger partial charge in [0.1, 0.15) is 5.15 Å². The maximum atomic E-state index is 11.1. The van der Waals surface area contributed by atoms with Crippen LogP contribution in [0.2, 0.25) is 5.15 Å². The lowest BCUT2D eigenvalue weighted by molar-refractivity contribution is -0.145. The van der Waals surface area contributed by atoms with Crippen LogP contribution in [0.25, 0.3) is 0 Å². The zero-order chi connectivity index (χ0) is 12.3. The second kappa shape index (κ2) is 4.78. The van der Waals surface area contributed by atoms with Crippen LogP contribution in [0.15, 0.2) is 12.4 Å². The minimum atomic E-state index is -0.816. The van der Waals surface area contributed by atoms with E-state index in [2.05, 4.69) is 9.97 Å². The van der Waals surface area contributed by atoms with Gasteiger partial charge in [-0.2, -0.15) is 0 Å². The summed E-state index contributed by atoms with van der Waals surface area (Å²) in [6.45, 7) is 5.69. The fourth-order valence-corrected chi connectivity index (χ4v) is 1.52. The Morgan fingerprint density at radius 1 is 1.44 bits per heavy atom. The number of carboxylic acids is 1. The van der Waals surface area contributed by atoms with E-state index in [1.54, 1.807) is 0 Å². The van der Waals surface area contributed by atoms with E-state index in [-0.39, 0.29) is 5.41 Å². The molecule has 0 amide bonds. The Morgan fingerprint density at radius 3 is 2.44 bits per heavy atom. The minimum Gasteiger partial charge on any atom is -0.481 e. The number of rotatable bonds is 3. The lowest BCUT2D eigenvalue weighted by Crippen LogP contribution is -2.30. The van der Waals surface area contributed by atoms with E-state index in [1.807, 2.05) is 20.8 Å². The summed E-state index contributed by atoms with van der Waals surface area (Å²) < 4.78 is 0. The van der Waals surface area contributed by atoms with Crippen molar-refractivity contribution >= 4 is 17.6 Å². The average molecular weight is 243 g/mol. The molecule has 1 aromatic rings. The van der Waals surface area contributed by atoms with Crippen LogP contribution in [0.4, 0.5) is 0 Å². The smallest absolute Gasteiger partial charge is 0.307 e. The Balaban J connectivity index is 2.84. The Labute approximate surface area is 99.7 Å². The molecule has 5 heteroatoms. The van der Waals surface area contributed by atoms with Crippen molar-refractivity contribution in [3.8, 4) is 0 Å². The molecule has 88 valence electrons. The number of halogens is 1. The highest BCUT2D eigenvalue weighted by Gasteiger charge is 2.31. The Hall–Kier alpha value is -1.16. The van der Waals surface area contributed by atoms with E-state index in [0.29, 0.717) is 17.3 Å². The van der Waals surface area contributed by atoms with Gasteiger partial charge in [0.15, 0.2) is 0 Å². The van der Waals surface area contributed by atoms with Crippen LogP contribution < -0.4 is 0 Å². The van der Waals surface area contributed by atoms with Gasteiger partial charge in [-0.25, -0.2) is 4.98 Å². The summed E-state index contributed by atoms with van der Waals surface area (Å²) in [6.07, 6.45) is 3.31. The molecule has 0 bridgehead atoms. The van der Waals surface area contributed by atoms with Crippen LogP contribution >= 0.6 is 11.6 Å². The van der Waals surface area contributed by atoms with Crippen LogP contribution in [-0.2, 0) is 11.2 Å². The van der Waals surface area contributed by atoms with Gasteiger partial charge in [0.25, 0.3) is 0 Å². The lowest BCUT2D eigenvalue weighted by Gasteiger charge is -2.26. The predicted molar refractivity (Wildman–Crippen MR) is 61.3 cm³/mol. The summed E-state index contributed by atoms with van der Waals surface area (Å²) in [5.74, 6) is -1.30. The van der Waals surface area contributed by atoms with Crippen LogP contribution in [-0.4, -0.2) is 21.0 Å². The van der Waals surface area contributed by atoms with Crippen molar-refractivity contribution in [2.24, 2.45) is 11.3 Å². The van der Waals surface area contributed by atoms with Gasteiger partial charge in [-0.15, -0.1) is 0 Å². The average Bonchev–Trinajstić information content (AvgIpc) is 2.14. The third-order valence-electron chi connectivity index (χ3n) is 2.43. The van der Waals surface area contributed by atoms with Crippen molar-refractivity contribution in [3.05, 3.63) is 23.2 Å². The molecule has 4 nitrogen and oxygen atoms in total. The first-order chi connectivity index (χ1) is 7.30. The predicted octanol–water partition coefficient (Wildman–Crippen LogP) is 2.42. The lowest BCUT2D eigenvalue weighted by atomic mass is 9.78. The molecule has 0 aliphatic heterocycles. The largest absolute Gasteiger partial charge is 0.481 e. The third-order valence-corrected chi connectivity index (χ3v) is 2.63. The molecule has 16 heavy (non-hydrogen) atoms. The molecule has 0 spiro atoms. The first-order valence-corrected chi connectivity index (χ1v) is 5.37. The van der Waals surface area contributed by atoms with Gasteiger partial charge >= 0.3 is 5.97 Å². The molecule has 1 atom stereocenters. The first kappa shape index (κ1) is 12.9. The fourth-order valence-electron chi connectivity index (χ4n) is 1.42. The van der Waals surface area contributed by atoms with Crippen LogP contribution in [0.1, 0.15) is 26.5 Å². The van der Waals surface area contributed by atoms with Crippen LogP contribution in [0.5, 0.6) is 0 Å². The molecule has 0 aromatic carbocycles. The summed E-state index contributed by atoms with van der Waals surface area (Å²) in [5, 5.41) is 9.46. The molecule has 1 rings (SSSR count). The molecule has 0 saturated carbocycles. The number of aliphatic carboxylic acids is 1. The Bertz CT molecular complexity index is 371. The molecule has 1 heterocycles. The van der Waals surface area contributed by atoms with Gasteiger partial charge < -0.3 is 5.11 Å². The topological polar surface area (TPSA) is 63.1 Å². The number of hydrogen-bond donors (Lipinski definition) is 1. The van der Waals surface area contributed by atoms with Crippen molar-refractivity contribution in [1.29, 1.82) is 0 Å². The molecular formula is C11H15ClN2O2. The molecule has 0 aliphatic rings. The highest BCUT2D eigenvalue weighted by atomic mass is 35.5. The van der Waals surface area contributed by atoms with Gasteiger partial charge in [-0.1, -0.05) is 32.4 Å². The maximum Gasteiger partial charge on any atom is 0.307 e. The van der Waals surface area contributed by atoms with E-state index in [9.17, 15) is 4.79 Å². The summed E-state index contributed by atoms with van der Waals surface area (Å²) in [4.78, 5) is 19.1. The standard InChI is InChI=1S/C11H15ClN2O2/c1-11(2,3)8(10(15)16)4-7-5-14-9(12)6-13-7/h5-6,8H,4H2,1-3H3,(H,15,16). The van der Waals surface area contributed by atoms with Crippen molar-refractivity contribution in [1.82, 2.24) is 9.97 Å². The quantitative estimate of drug-likeness (QED) is 0.884. The minimum absolute atomic E-state index is 0.311. The number of aromatic nitrogens is 2. The first-order valence-electron chi connectivity index (χ1n) is 5.00. The third kappa shape index (κ3) is 3.45. The Kier molecular flexibility index (Phi) is 3.86. The molecule has 0 saturated heterocycles. The molecule has 0 radical (unpaired) electrons. The van der Waals surface area contributed by atoms with E-state index >= 15 is 0 Å². The molecule has 0 aliphatic carbocycles. The van der Waals surface area contributed by atoms with E-state index in [1.165, 1.54) is 12.4 Å². The second-order valence-electron chi connectivity index (χ2n) is 4.79. The number of hydrogen-bond acceptors (Lipinski definition) is 3. The van der Waals surface area contributed by atoms with Crippen LogP contribution in [0.3, 0.4) is 0 Å². The summed E-state index contributed by atoms with van der Waals surface area (Å²) in [7, 11) is 0. The van der Waals surface area contributed by atoms with Gasteiger partial charge in [0.05, 0.1) is 24.0 Å². The van der Waals surface area contributed by atoms with Gasteiger partial charge in [-0.05, 0) is 5.41 Å². The van der Waals surface area contributed by atoms with Crippen molar-refractivity contribution in [2.45, 2.75) is 27.2 Å². The van der Waals surface area contributed by atoms with E-state index in [0.717, 1.165) is 0 Å².